The van der Waals surface area contributed by atoms with Crippen molar-refractivity contribution < 1.29 is 22.8 Å². The van der Waals surface area contributed by atoms with E-state index in [1.807, 2.05) is 58.8 Å². The first-order chi connectivity index (χ1) is 21.3. The van der Waals surface area contributed by atoms with E-state index in [-0.39, 0.29) is 12.5 Å². The molecule has 1 fully saturated rings. The number of aromatic nitrogens is 1. The minimum atomic E-state index is -4.44. The highest BCUT2D eigenvalue weighted by Crippen LogP contribution is 2.29. The smallest absolute Gasteiger partial charge is 0.338 e. The highest BCUT2D eigenvalue weighted by Gasteiger charge is 2.34. The van der Waals surface area contributed by atoms with Crippen molar-refractivity contribution in [1.29, 1.82) is 0 Å². The zero-order chi connectivity index (χ0) is 30.9. The molecule has 3 aromatic carbocycles. The molecule has 0 saturated carbocycles. The van der Waals surface area contributed by atoms with Crippen LogP contribution in [0, 0.1) is 0 Å². The molecule has 228 valence electrons. The molecule has 1 aromatic heterocycles. The molecular weight excluding hydrogens is 585 g/mol. The first-order valence-corrected chi connectivity index (χ1v) is 15.3. The molecule has 6 nitrogen and oxygen atoms in total. The van der Waals surface area contributed by atoms with Crippen LogP contribution in [0.3, 0.4) is 0 Å². The summed E-state index contributed by atoms with van der Waals surface area (Å²) in [5, 5.41) is 2.50. The van der Waals surface area contributed by atoms with Crippen LogP contribution in [0.25, 0.3) is 6.08 Å². The van der Waals surface area contributed by atoms with E-state index in [9.17, 15) is 22.8 Å². The van der Waals surface area contributed by atoms with Gasteiger partial charge in [0.05, 0.1) is 12.1 Å². The van der Waals surface area contributed by atoms with E-state index < -0.39 is 23.7 Å². The van der Waals surface area contributed by atoms with E-state index in [1.54, 1.807) is 6.20 Å². The van der Waals surface area contributed by atoms with Gasteiger partial charge < -0.3 is 9.80 Å². The van der Waals surface area contributed by atoms with Crippen LogP contribution in [-0.2, 0) is 35.3 Å². The molecular formula is C34H33F3N4O2S. The predicted octanol–water partition coefficient (Wildman–Crippen LogP) is 6.16. The molecule has 1 aliphatic rings. The van der Waals surface area contributed by atoms with E-state index in [1.165, 1.54) is 46.1 Å². The number of hydrogen-bond donors (Lipinski definition) is 0. The molecule has 1 atom stereocenters. The average molecular weight is 619 g/mol. The average Bonchev–Trinajstić information content (AvgIpc) is 3.56. The fraction of sp³-hybridized carbons (Fsp3) is 0.265. The van der Waals surface area contributed by atoms with E-state index >= 15 is 0 Å². The predicted molar refractivity (Wildman–Crippen MR) is 165 cm³/mol. The zero-order valence-electron chi connectivity index (χ0n) is 24.1. The summed E-state index contributed by atoms with van der Waals surface area (Å²) in [4.78, 5) is 38.1. The van der Waals surface area contributed by atoms with Crippen LogP contribution >= 0.6 is 11.3 Å². The normalized spacial score (nSPS) is 14.9. The minimum Gasteiger partial charge on any atom is -0.338 e. The fourth-order valence-electron chi connectivity index (χ4n) is 5.21. The van der Waals surface area contributed by atoms with Gasteiger partial charge in [-0.3, -0.25) is 14.5 Å². The molecule has 0 N–H and O–H groups in total. The number of nitrogens with zero attached hydrogens (tertiary/aromatic N) is 4. The van der Waals surface area contributed by atoms with Crippen LogP contribution < -0.4 is 0 Å². The monoisotopic (exact) mass is 618 g/mol. The topological polar surface area (TPSA) is 56.8 Å². The number of piperazine rings is 1. The Kier molecular flexibility index (Phi) is 10.2. The standard InChI is InChI=1S/C34H33F3N4O2S/c35-34(36,37)29-14-11-26(12-15-29)13-16-32(42)41(25-31-38-17-22-44-31)30(23-27-7-3-1-4-8-27)33(43)40-20-18-39(19-21-40)24-28-9-5-2-6-10-28/h1-17,22,30H,18-21,23-25H2. The minimum absolute atomic E-state index is 0.130. The van der Waals surface area contributed by atoms with Gasteiger partial charge in [-0.05, 0) is 34.9 Å². The Morgan fingerprint density at radius 1 is 0.886 bits per heavy atom. The first-order valence-electron chi connectivity index (χ1n) is 14.4. The maximum absolute atomic E-state index is 14.2. The van der Waals surface area contributed by atoms with Gasteiger partial charge in [0.25, 0.3) is 0 Å². The van der Waals surface area contributed by atoms with Gasteiger partial charge in [-0.25, -0.2) is 4.98 Å². The van der Waals surface area contributed by atoms with Crippen LogP contribution in [0.2, 0.25) is 0 Å². The van der Waals surface area contributed by atoms with Crippen LogP contribution in [-0.4, -0.2) is 63.7 Å². The van der Waals surface area contributed by atoms with Crippen molar-refractivity contribution in [2.75, 3.05) is 26.2 Å². The third-order valence-corrected chi connectivity index (χ3v) is 8.36. The molecule has 2 heterocycles. The molecule has 0 bridgehead atoms. The van der Waals surface area contributed by atoms with E-state index in [0.29, 0.717) is 43.2 Å². The van der Waals surface area contributed by atoms with Crippen molar-refractivity contribution in [3.8, 4) is 0 Å². The maximum Gasteiger partial charge on any atom is 0.416 e. The first kappa shape index (κ1) is 31.2. The number of halogens is 3. The molecule has 1 unspecified atom stereocenters. The third-order valence-electron chi connectivity index (χ3n) is 7.59. The van der Waals surface area contributed by atoms with Crippen molar-refractivity contribution in [2.24, 2.45) is 0 Å². The molecule has 1 saturated heterocycles. The van der Waals surface area contributed by atoms with Crippen molar-refractivity contribution in [1.82, 2.24) is 19.7 Å². The summed E-state index contributed by atoms with van der Waals surface area (Å²) in [6.07, 6.45) is 0.319. The maximum atomic E-state index is 14.2. The second-order valence-corrected chi connectivity index (χ2v) is 11.6. The van der Waals surface area contributed by atoms with E-state index in [0.717, 1.165) is 24.2 Å². The second-order valence-electron chi connectivity index (χ2n) is 10.6. The van der Waals surface area contributed by atoms with Gasteiger partial charge in [-0.1, -0.05) is 72.8 Å². The molecule has 4 aromatic rings. The summed E-state index contributed by atoms with van der Waals surface area (Å²) in [6.45, 7) is 3.44. The van der Waals surface area contributed by atoms with Crippen LogP contribution in [0.1, 0.15) is 27.3 Å². The zero-order valence-corrected chi connectivity index (χ0v) is 24.9. The van der Waals surface area contributed by atoms with E-state index in [2.05, 4.69) is 22.0 Å². The summed E-state index contributed by atoms with van der Waals surface area (Å²) in [7, 11) is 0. The summed E-state index contributed by atoms with van der Waals surface area (Å²) in [5.41, 5.74) is 1.82. The molecule has 5 rings (SSSR count). The highest BCUT2D eigenvalue weighted by atomic mass is 32.1. The Morgan fingerprint density at radius 2 is 1.52 bits per heavy atom. The van der Waals surface area contributed by atoms with Crippen molar-refractivity contribution in [2.45, 2.75) is 31.7 Å². The van der Waals surface area contributed by atoms with Gasteiger partial charge >= 0.3 is 6.18 Å². The number of rotatable bonds is 10. The summed E-state index contributed by atoms with van der Waals surface area (Å²) in [6, 6.07) is 23.6. The lowest BCUT2D eigenvalue weighted by Crippen LogP contribution is -2.56. The van der Waals surface area contributed by atoms with Gasteiger partial charge in [0.1, 0.15) is 11.0 Å². The molecule has 0 spiro atoms. The largest absolute Gasteiger partial charge is 0.416 e. The quantitative estimate of drug-likeness (QED) is 0.200. The summed E-state index contributed by atoms with van der Waals surface area (Å²) in [5.74, 6) is -0.557. The van der Waals surface area contributed by atoms with Crippen LogP contribution in [0.4, 0.5) is 13.2 Å². The second kappa shape index (κ2) is 14.5. The number of hydrogen-bond acceptors (Lipinski definition) is 5. The highest BCUT2D eigenvalue weighted by molar-refractivity contribution is 7.09. The molecule has 10 heteroatoms. The van der Waals surface area contributed by atoms with E-state index in [4.69, 9.17) is 0 Å². The Hall–Kier alpha value is -4.28. The van der Waals surface area contributed by atoms with Crippen molar-refractivity contribution in [3.63, 3.8) is 0 Å². The van der Waals surface area contributed by atoms with Crippen LogP contribution in [0.15, 0.2) is 103 Å². The third kappa shape index (κ3) is 8.42. The van der Waals surface area contributed by atoms with Crippen molar-refractivity contribution in [3.05, 3.63) is 130 Å². The number of carbonyl (C=O) groups is 2. The van der Waals surface area contributed by atoms with Gasteiger partial charge in [0.2, 0.25) is 11.8 Å². The molecule has 1 aliphatic heterocycles. The Labute approximate surface area is 259 Å². The Bertz CT molecular complexity index is 1520. The lowest BCUT2D eigenvalue weighted by molar-refractivity contribution is -0.145. The van der Waals surface area contributed by atoms with Gasteiger partial charge in [-0.15, -0.1) is 11.3 Å². The number of carbonyl (C=O) groups excluding carboxylic acids is 2. The number of benzene rings is 3. The lowest BCUT2D eigenvalue weighted by atomic mass is 10.0. The Morgan fingerprint density at radius 3 is 2.11 bits per heavy atom. The Balaban J connectivity index is 1.37. The van der Waals surface area contributed by atoms with Gasteiger partial charge in [-0.2, -0.15) is 13.2 Å². The van der Waals surface area contributed by atoms with Gasteiger partial charge in [0, 0.05) is 56.8 Å². The number of alkyl halides is 3. The van der Waals surface area contributed by atoms with Crippen LogP contribution in [0.5, 0.6) is 0 Å². The number of thiazole rings is 1. The van der Waals surface area contributed by atoms with Crippen molar-refractivity contribution >= 4 is 29.2 Å². The molecule has 0 aliphatic carbocycles. The number of amides is 2. The molecule has 2 amide bonds. The molecule has 44 heavy (non-hydrogen) atoms. The van der Waals surface area contributed by atoms with Gasteiger partial charge in [0.15, 0.2) is 0 Å². The molecule has 0 radical (unpaired) electrons. The summed E-state index contributed by atoms with van der Waals surface area (Å²) < 4.78 is 39.0. The lowest BCUT2D eigenvalue weighted by Gasteiger charge is -2.39. The summed E-state index contributed by atoms with van der Waals surface area (Å²) >= 11 is 1.39. The fourth-order valence-corrected chi connectivity index (χ4v) is 5.83. The SMILES string of the molecule is O=C(C(Cc1ccccc1)N(Cc1nccs1)C(=O)C=Cc1ccc(C(F)(F)F)cc1)N1CCN(Cc2ccccc2)CC1.